The molecule has 27 heavy (non-hydrogen) atoms. The Morgan fingerprint density at radius 1 is 0.704 bits per heavy atom. The van der Waals surface area contributed by atoms with Gasteiger partial charge in [-0.25, -0.2) is 0 Å². The molecule has 1 heterocycles. The van der Waals surface area contributed by atoms with Crippen molar-refractivity contribution >= 4 is 66.3 Å². The quantitative estimate of drug-likeness (QED) is 0.317. The van der Waals surface area contributed by atoms with Crippen LogP contribution in [0.15, 0.2) is 53.3 Å². The van der Waals surface area contributed by atoms with E-state index in [-0.39, 0.29) is 22.6 Å². The number of hydrogen-bond acceptors (Lipinski definition) is 4. The Bertz CT molecular complexity index is 1400. The van der Waals surface area contributed by atoms with Gasteiger partial charge in [0.2, 0.25) is 0 Å². The van der Waals surface area contributed by atoms with Crippen LogP contribution in [-0.4, -0.2) is 11.6 Å². The molecule has 0 spiro atoms. The minimum atomic E-state index is -0.249. The molecule has 0 bridgehead atoms. The van der Waals surface area contributed by atoms with Gasteiger partial charge in [0, 0.05) is 32.2 Å². The summed E-state index contributed by atoms with van der Waals surface area (Å²) in [6.07, 6.45) is 0. The summed E-state index contributed by atoms with van der Waals surface area (Å²) >= 11 is 13.4. The van der Waals surface area contributed by atoms with Gasteiger partial charge in [0.15, 0.2) is 17.0 Å². The molecule has 130 valence electrons. The van der Waals surface area contributed by atoms with Gasteiger partial charge in [-0.2, -0.15) is 0 Å². The first kappa shape index (κ1) is 16.6. The summed E-state index contributed by atoms with van der Waals surface area (Å²) in [4.78, 5) is 39.0. The van der Waals surface area contributed by atoms with E-state index in [2.05, 4.69) is 0 Å². The lowest BCUT2D eigenvalue weighted by atomic mass is 9.83. The zero-order valence-corrected chi connectivity index (χ0v) is 15.8. The molecule has 6 heteroatoms. The maximum atomic E-state index is 13.1. The van der Waals surface area contributed by atoms with Crippen molar-refractivity contribution in [2.45, 2.75) is 0 Å². The predicted octanol–water partition coefficient (Wildman–Crippen LogP) is 5.50. The molecule has 0 unspecified atom stereocenters. The summed E-state index contributed by atoms with van der Waals surface area (Å²) in [5, 5.41) is 1.46. The third kappa shape index (κ3) is 2.24. The summed E-state index contributed by atoms with van der Waals surface area (Å²) in [6.45, 7) is 0. The zero-order valence-electron chi connectivity index (χ0n) is 13.5. The van der Waals surface area contributed by atoms with Crippen molar-refractivity contribution in [2.24, 2.45) is 0 Å². The first-order valence-corrected chi connectivity index (χ1v) is 9.61. The number of carbonyl (C=O) groups excluding carboxylic acids is 2. The maximum absolute atomic E-state index is 13.1. The largest absolute Gasteiger partial charge is 0.289 e. The summed E-state index contributed by atoms with van der Waals surface area (Å²) in [7, 11) is 0. The number of halogens is 2. The van der Waals surface area contributed by atoms with Crippen molar-refractivity contribution in [3.05, 3.63) is 91.1 Å². The van der Waals surface area contributed by atoms with Gasteiger partial charge in [-0.3, -0.25) is 14.4 Å². The van der Waals surface area contributed by atoms with E-state index in [0.717, 1.165) is 0 Å². The van der Waals surface area contributed by atoms with Gasteiger partial charge < -0.3 is 0 Å². The van der Waals surface area contributed by atoms with Crippen molar-refractivity contribution in [3.8, 4) is 0 Å². The van der Waals surface area contributed by atoms with Crippen molar-refractivity contribution in [1.82, 2.24) is 0 Å². The third-order valence-corrected chi connectivity index (χ3v) is 6.68. The monoisotopic (exact) mass is 410 g/mol. The Kier molecular flexibility index (Phi) is 3.53. The molecule has 3 nitrogen and oxygen atoms in total. The molecule has 0 radical (unpaired) electrons. The number of carbonyl (C=O) groups is 2. The van der Waals surface area contributed by atoms with Crippen molar-refractivity contribution in [1.29, 1.82) is 0 Å². The molecule has 0 atom stereocenters. The molecule has 5 rings (SSSR count). The number of rotatable bonds is 0. The fraction of sp³-hybridized carbons (Fsp3) is 0. The molecule has 0 saturated carbocycles. The van der Waals surface area contributed by atoms with Gasteiger partial charge >= 0.3 is 0 Å². The van der Waals surface area contributed by atoms with Crippen LogP contribution in [0.25, 0.3) is 20.2 Å². The van der Waals surface area contributed by atoms with E-state index >= 15 is 0 Å². The van der Waals surface area contributed by atoms with Crippen LogP contribution in [0.3, 0.4) is 0 Å². The van der Waals surface area contributed by atoms with E-state index in [1.807, 2.05) is 0 Å². The molecule has 1 aliphatic carbocycles. The van der Waals surface area contributed by atoms with Crippen LogP contribution in [0.5, 0.6) is 0 Å². The van der Waals surface area contributed by atoms with Crippen molar-refractivity contribution < 1.29 is 9.59 Å². The highest BCUT2D eigenvalue weighted by Crippen LogP contribution is 2.37. The predicted molar refractivity (Wildman–Crippen MR) is 109 cm³/mol. The van der Waals surface area contributed by atoms with Crippen LogP contribution in [0, 0.1) is 0 Å². The van der Waals surface area contributed by atoms with Gasteiger partial charge in [-0.1, -0.05) is 47.5 Å². The lowest BCUT2D eigenvalue weighted by Crippen LogP contribution is -2.21. The number of hydrogen-bond donors (Lipinski definition) is 0. The van der Waals surface area contributed by atoms with Crippen LogP contribution in [0.4, 0.5) is 0 Å². The lowest BCUT2D eigenvalue weighted by Gasteiger charge is -2.18. The standard InChI is InChI=1S/C21H8Cl2O3S/c22-14-7-13-16(8-15(14)23)27-21-12(19(13)25)6-5-11-17(21)20(26)10-4-2-1-3-9(10)18(11)24/h1-8H. The topological polar surface area (TPSA) is 51.2 Å². The Labute approximate surface area is 166 Å². The fourth-order valence-corrected chi connectivity index (χ4v) is 5.11. The van der Waals surface area contributed by atoms with Gasteiger partial charge in [-0.15, -0.1) is 11.3 Å². The smallest absolute Gasteiger partial charge is 0.195 e. The average Bonchev–Trinajstić information content (AvgIpc) is 2.67. The molecule has 0 aliphatic heterocycles. The van der Waals surface area contributed by atoms with Gasteiger partial charge in [-0.05, 0) is 24.3 Å². The van der Waals surface area contributed by atoms with Crippen molar-refractivity contribution in [2.75, 3.05) is 0 Å². The third-order valence-electron chi connectivity index (χ3n) is 4.77. The molecule has 4 aromatic rings. The first-order chi connectivity index (χ1) is 13.0. The van der Waals surface area contributed by atoms with Gasteiger partial charge in [0.25, 0.3) is 0 Å². The Morgan fingerprint density at radius 2 is 1.37 bits per heavy atom. The van der Waals surface area contributed by atoms with E-state index in [4.69, 9.17) is 23.2 Å². The molecule has 0 N–H and O–H groups in total. The van der Waals surface area contributed by atoms with Crippen LogP contribution in [-0.2, 0) is 0 Å². The highest BCUT2D eigenvalue weighted by Gasteiger charge is 2.31. The minimum absolute atomic E-state index is 0.212. The molecule has 0 fully saturated rings. The summed E-state index contributed by atoms with van der Waals surface area (Å²) in [5.74, 6) is -0.461. The first-order valence-electron chi connectivity index (χ1n) is 8.04. The van der Waals surface area contributed by atoms with E-state index in [1.54, 1.807) is 48.5 Å². The van der Waals surface area contributed by atoms with E-state index in [9.17, 15) is 14.4 Å². The maximum Gasteiger partial charge on any atom is 0.195 e. The lowest BCUT2D eigenvalue weighted by molar-refractivity contribution is 0.0980. The second kappa shape index (κ2) is 5.73. The molecule has 0 saturated heterocycles. The SMILES string of the molecule is O=C1c2ccccc2C(=O)c2c1ccc1c(=O)c3cc(Cl)c(Cl)cc3sc21. The number of ketones is 2. The molecule has 1 aromatic heterocycles. The molecular weight excluding hydrogens is 403 g/mol. The second-order valence-electron chi connectivity index (χ2n) is 6.26. The molecule has 0 amide bonds. The van der Waals surface area contributed by atoms with Gasteiger partial charge in [0.1, 0.15) is 0 Å². The zero-order chi connectivity index (χ0) is 18.9. The highest BCUT2D eigenvalue weighted by atomic mass is 35.5. The summed E-state index contributed by atoms with van der Waals surface area (Å²) in [5.41, 5.74) is 1.11. The highest BCUT2D eigenvalue weighted by molar-refractivity contribution is 7.25. The molecular formula is C21H8Cl2O3S. The van der Waals surface area contributed by atoms with Crippen LogP contribution in [0.2, 0.25) is 10.0 Å². The number of benzene rings is 3. The Hall–Kier alpha value is -2.53. The second-order valence-corrected chi connectivity index (χ2v) is 8.13. The van der Waals surface area contributed by atoms with E-state index < -0.39 is 0 Å². The van der Waals surface area contributed by atoms with Crippen LogP contribution < -0.4 is 5.43 Å². The Morgan fingerprint density at radius 3 is 2.11 bits per heavy atom. The summed E-state index contributed by atoms with van der Waals surface area (Å²) in [6, 6.07) is 13.1. The molecule has 1 aliphatic rings. The van der Waals surface area contributed by atoms with Crippen molar-refractivity contribution in [3.63, 3.8) is 0 Å². The fourth-order valence-electron chi connectivity index (χ4n) is 3.49. The van der Waals surface area contributed by atoms with Crippen LogP contribution in [0.1, 0.15) is 31.8 Å². The van der Waals surface area contributed by atoms with Crippen LogP contribution >= 0.6 is 34.5 Å². The minimum Gasteiger partial charge on any atom is -0.289 e. The van der Waals surface area contributed by atoms with E-state index in [0.29, 0.717) is 46.9 Å². The van der Waals surface area contributed by atoms with E-state index in [1.165, 1.54) is 11.3 Å². The average molecular weight is 411 g/mol. The number of fused-ring (bicyclic) bond motifs is 5. The Balaban J connectivity index is 1.95. The molecule has 3 aromatic carbocycles. The summed E-state index contributed by atoms with van der Waals surface area (Å²) < 4.78 is 1.12. The van der Waals surface area contributed by atoms with Gasteiger partial charge in [0.05, 0.1) is 20.3 Å². The normalized spacial score (nSPS) is 13.1.